The number of nitrogens with zero attached hydrogens (tertiary/aromatic N) is 2. The molecule has 1 fully saturated rings. The topological polar surface area (TPSA) is 89.9 Å². The average molecular weight is 768 g/mol. The van der Waals surface area contributed by atoms with Crippen molar-refractivity contribution in [3.05, 3.63) is 111 Å². The number of pyridine rings is 1. The highest BCUT2D eigenvalue weighted by Gasteiger charge is 2.36. The van der Waals surface area contributed by atoms with E-state index >= 15 is 4.39 Å². The minimum atomic E-state index is -4.80. The zero-order valence-corrected chi connectivity index (χ0v) is 32.7. The molecular formula is C43H53F4N3O5. The molecule has 1 aromatic heterocycles. The summed E-state index contributed by atoms with van der Waals surface area (Å²) in [5.74, 6) is -1.49. The average Bonchev–Trinajstić information content (AvgIpc) is 3.96. The van der Waals surface area contributed by atoms with Crippen molar-refractivity contribution < 1.29 is 36.6 Å². The number of unbranched alkanes of at least 4 members (excludes halogenated alkanes) is 1. The lowest BCUT2D eigenvalue weighted by atomic mass is 9.88. The van der Waals surface area contributed by atoms with Crippen LogP contribution in [-0.2, 0) is 26.9 Å². The molecule has 1 amide bonds. The van der Waals surface area contributed by atoms with Gasteiger partial charge in [-0.05, 0) is 132 Å². The van der Waals surface area contributed by atoms with Crippen molar-refractivity contribution in [1.29, 1.82) is 0 Å². The van der Waals surface area contributed by atoms with Gasteiger partial charge in [0, 0.05) is 29.9 Å². The molecule has 0 spiro atoms. The third-order valence-electron chi connectivity index (χ3n) is 9.91. The Bertz CT molecular complexity index is 1950. The van der Waals surface area contributed by atoms with Crippen molar-refractivity contribution in [1.82, 2.24) is 14.8 Å². The van der Waals surface area contributed by atoms with E-state index in [0.717, 1.165) is 58.7 Å². The van der Waals surface area contributed by atoms with Crippen LogP contribution in [-0.4, -0.2) is 55.2 Å². The molecule has 2 aromatic carbocycles. The first-order chi connectivity index (χ1) is 26.0. The molecule has 1 aliphatic rings. The van der Waals surface area contributed by atoms with Gasteiger partial charge in [0.25, 0.3) is 5.56 Å². The smallest absolute Gasteiger partial charge is 0.416 e. The molecule has 0 radical (unpaired) electrons. The summed E-state index contributed by atoms with van der Waals surface area (Å²) in [6.45, 7) is 15.8. The number of likely N-dealkylation sites (N-methyl/N-ethyl adjacent to an activating group) is 1. The van der Waals surface area contributed by atoms with Crippen molar-refractivity contribution in [2.24, 2.45) is 0 Å². The van der Waals surface area contributed by atoms with Crippen LogP contribution >= 0.6 is 0 Å². The van der Waals surface area contributed by atoms with Crippen LogP contribution in [0.2, 0.25) is 0 Å². The van der Waals surface area contributed by atoms with Gasteiger partial charge in [0.1, 0.15) is 17.6 Å². The van der Waals surface area contributed by atoms with Crippen LogP contribution in [0.3, 0.4) is 0 Å². The fraction of sp³-hybridized carbons (Fsp3) is 0.465. The van der Waals surface area contributed by atoms with E-state index in [1.807, 2.05) is 39.0 Å². The summed E-state index contributed by atoms with van der Waals surface area (Å²) in [6, 6.07) is 3.34. The minimum Gasteiger partial charge on any atom is -0.493 e. The molecule has 0 unspecified atom stereocenters. The molecule has 1 aliphatic carbocycles. The van der Waals surface area contributed by atoms with Gasteiger partial charge in [0.05, 0.1) is 31.2 Å². The first-order valence-corrected chi connectivity index (χ1v) is 18.7. The fourth-order valence-corrected chi connectivity index (χ4v) is 6.79. The number of carbonyl (C=O) groups is 2. The highest BCUT2D eigenvalue weighted by Crippen LogP contribution is 2.47. The van der Waals surface area contributed by atoms with Crippen molar-refractivity contribution in [2.75, 3.05) is 33.9 Å². The molecule has 0 bridgehead atoms. The molecule has 4 rings (SSSR count). The van der Waals surface area contributed by atoms with Crippen LogP contribution in [0.1, 0.15) is 102 Å². The summed E-state index contributed by atoms with van der Waals surface area (Å²) in [4.78, 5) is 42.4. The number of ether oxygens (including phenoxy) is 2. The monoisotopic (exact) mass is 767 g/mol. The van der Waals surface area contributed by atoms with Gasteiger partial charge in [-0.1, -0.05) is 18.2 Å². The van der Waals surface area contributed by atoms with Crippen LogP contribution in [0.4, 0.5) is 17.6 Å². The minimum absolute atomic E-state index is 0.0412. The van der Waals surface area contributed by atoms with Gasteiger partial charge in [-0.15, -0.1) is 13.2 Å². The van der Waals surface area contributed by atoms with Crippen molar-refractivity contribution in [2.45, 2.75) is 96.8 Å². The number of esters is 1. The number of allylic oxidation sites excluding steroid dienone is 2. The normalized spacial score (nSPS) is 14.0. The Morgan fingerprint density at radius 1 is 1.07 bits per heavy atom. The zero-order valence-electron chi connectivity index (χ0n) is 32.7. The third kappa shape index (κ3) is 10.7. The zero-order chi connectivity index (χ0) is 40.6. The summed E-state index contributed by atoms with van der Waals surface area (Å²) in [5.41, 5.74) is 2.45. The lowest BCUT2D eigenvalue weighted by Crippen LogP contribution is -2.40. The lowest BCUT2D eigenvalue weighted by Gasteiger charge is -2.26. The standard InChI is InChI=1S/C43H53F4N3O5/c1-9-12-13-19-55-41-28(6)26(4)20-27(5)39(41)31-21-32(29-15-16-29)40(44)33(22-31)35(24-38(52)54-11-3)48-42(53)36(14-10-2)50-25-30(17-18-49(7)8)34(23-37(50)51)43(45,46)47/h9-10,20-23,25,29,35-36H,1-2,11-19,24H2,3-8H3,(H,48,53)/t35-,36-/m0/s1. The van der Waals surface area contributed by atoms with Crippen molar-refractivity contribution >= 4 is 11.9 Å². The summed E-state index contributed by atoms with van der Waals surface area (Å²) < 4.78 is 71.6. The molecule has 1 saturated carbocycles. The maximum absolute atomic E-state index is 16.8. The molecule has 0 aliphatic heterocycles. The molecule has 1 N–H and O–H groups in total. The third-order valence-corrected chi connectivity index (χ3v) is 9.91. The van der Waals surface area contributed by atoms with E-state index in [1.165, 1.54) is 6.08 Å². The Labute approximate surface area is 321 Å². The summed E-state index contributed by atoms with van der Waals surface area (Å²) in [6.07, 6.45) is 1.87. The highest BCUT2D eigenvalue weighted by atomic mass is 19.4. The van der Waals surface area contributed by atoms with Crippen molar-refractivity contribution in [3.8, 4) is 16.9 Å². The number of benzene rings is 2. The number of aromatic nitrogens is 1. The number of carbonyl (C=O) groups excluding carboxylic acids is 2. The SMILES string of the molecule is C=CCCCOc1c(C)c(C)cc(C)c1-c1cc(C2CC2)c(F)c([C@H](CC(=O)OCC)NC(=O)[C@H](CC=C)n2cc(CCN(C)C)c(C(F)(F)F)cc2=O)c1. The quantitative estimate of drug-likeness (QED) is 0.0568. The van der Waals surface area contributed by atoms with Gasteiger partial charge in [0.2, 0.25) is 5.91 Å². The van der Waals surface area contributed by atoms with Gasteiger partial charge < -0.3 is 24.3 Å². The summed E-state index contributed by atoms with van der Waals surface area (Å²) in [7, 11) is 3.42. The number of alkyl halides is 3. The molecule has 8 nitrogen and oxygen atoms in total. The van der Waals surface area contributed by atoms with E-state index in [-0.39, 0.29) is 43.0 Å². The lowest BCUT2D eigenvalue weighted by molar-refractivity contribution is -0.144. The second kappa shape index (κ2) is 18.8. The molecular weight excluding hydrogens is 714 g/mol. The largest absolute Gasteiger partial charge is 0.493 e. The van der Waals surface area contributed by atoms with Gasteiger partial charge in [-0.25, -0.2) is 4.39 Å². The second-order valence-electron chi connectivity index (χ2n) is 14.5. The fourth-order valence-electron chi connectivity index (χ4n) is 6.79. The molecule has 298 valence electrons. The van der Waals surface area contributed by atoms with E-state index in [0.29, 0.717) is 29.5 Å². The number of aryl methyl sites for hydroxylation is 2. The first kappa shape index (κ1) is 43.0. The van der Waals surface area contributed by atoms with E-state index in [1.54, 1.807) is 32.0 Å². The molecule has 2 atom stereocenters. The predicted octanol–water partition coefficient (Wildman–Crippen LogP) is 8.85. The van der Waals surface area contributed by atoms with E-state index in [4.69, 9.17) is 9.47 Å². The first-order valence-electron chi connectivity index (χ1n) is 18.7. The molecule has 0 saturated heterocycles. The molecule has 55 heavy (non-hydrogen) atoms. The molecule has 1 heterocycles. The second-order valence-corrected chi connectivity index (χ2v) is 14.5. The van der Waals surface area contributed by atoms with Crippen LogP contribution < -0.4 is 15.6 Å². The van der Waals surface area contributed by atoms with Crippen LogP contribution in [0.15, 0.2) is 60.6 Å². The summed E-state index contributed by atoms with van der Waals surface area (Å²) >= 11 is 0. The Balaban J connectivity index is 1.87. The number of rotatable bonds is 19. The Hall–Kier alpha value is -4.71. The van der Waals surface area contributed by atoms with E-state index in [9.17, 15) is 27.6 Å². The highest BCUT2D eigenvalue weighted by molar-refractivity contribution is 5.83. The van der Waals surface area contributed by atoms with Crippen LogP contribution in [0.5, 0.6) is 5.75 Å². The van der Waals surface area contributed by atoms with Gasteiger partial charge >= 0.3 is 12.1 Å². The number of hydrogen-bond donors (Lipinski definition) is 1. The molecule has 12 heteroatoms. The maximum Gasteiger partial charge on any atom is 0.416 e. The number of nitrogens with one attached hydrogen (secondary N) is 1. The number of halogens is 4. The van der Waals surface area contributed by atoms with Gasteiger partial charge in [-0.2, -0.15) is 13.2 Å². The maximum atomic E-state index is 16.8. The van der Waals surface area contributed by atoms with Gasteiger partial charge in [-0.3, -0.25) is 14.4 Å². The Morgan fingerprint density at radius 3 is 2.38 bits per heavy atom. The predicted molar refractivity (Wildman–Crippen MR) is 207 cm³/mol. The van der Waals surface area contributed by atoms with Crippen LogP contribution in [0.25, 0.3) is 11.1 Å². The van der Waals surface area contributed by atoms with Gasteiger partial charge in [0.15, 0.2) is 0 Å². The Morgan fingerprint density at radius 2 is 1.78 bits per heavy atom. The number of amides is 1. The van der Waals surface area contributed by atoms with Crippen molar-refractivity contribution in [3.63, 3.8) is 0 Å². The molecule has 3 aromatic rings. The van der Waals surface area contributed by atoms with Crippen LogP contribution in [0, 0.1) is 26.6 Å². The summed E-state index contributed by atoms with van der Waals surface area (Å²) in [5, 5.41) is 2.79. The Kier molecular flexibility index (Phi) is 14.7. The van der Waals surface area contributed by atoms with E-state index < -0.39 is 53.5 Å². The number of hydrogen-bond acceptors (Lipinski definition) is 6. The van der Waals surface area contributed by atoms with E-state index in [2.05, 4.69) is 18.5 Å².